The standard InChI is InChI=1S/C17H24N2O3S3/c1-25(21,22)18-9-3-2-6-15(14-20)19(12-16-7-4-10-23-16)13-17-8-5-11-24-17/h4-5,7-8,10-11,14-15,18H,2-3,6,9,12-13H2,1H3. The summed E-state index contributed by atoms with van der Waals surface area (Å²) in [6.45, 7) is 1.92. The minimum absolute atomic E-state index is 0.164. The Morgan fingerprint density at radius 3 is 2.16 bits per heavy atom. The molecule has 1 atom stereocenters. The molecule has 0 spiro atoms. The van der Waals surface area contributed by atoms with Crippen molar-refractivity contribution in [3.05, 3.63) is 44.8 Å². The fourth-order valence-electron chi connectivity index (χ4n) is 2.57. The Hall–Kier alpha value is -1.06. The molecule has 5 nitrogen and oxygen atoms in total. The van der Waals surface area contributed by atoms with E-state index < -0.39 is 10.0 Å². The van der Waals surface area contributed by atoms with Gasteiger partial charge in [-0.1, -0.05) is 18.6 Å². The number of hydrogen-bond donors (Lipinski definition) is 1. The van der Waals surface area contributed by atoms with Gasteiger partial charge in [0, 0.05) is 29.4 Å². The number of carbonyl (C=O) groups is 1. The van der Waals surface area contributed by atoms with Crippen molar-refractivity contribution in [2.24, 2.45) is 0 Å². The first-order chi connectivity index (χ1) is 12.0. The highest BCUT2D eigenvalue weighted by molar-refractivity contribution is 7.88. The topological polar surface area (TPSA) is 66.5 Å². The van der Waals surface area contributed by atoms with Crippen molar-refractivity contribution in [2.75, 3.05) is 12.8 Å². The summed E-state index contributed by atoms with van der Waals surface area (Å²) in [5, 5.41) is 4.09. The van der Waals surface area contributed by atoms with E-state index in [2.05, 4.69) is 21.8 Å². The van der Waals surface area contributed by atoms with Crippen LogP contribution in [0.25, 0.3) is 0 Å². The molecule has 1 N–H and O–H groups in total. The molecule has 138 valence electrons. The van der Waals surface area contributed by atoms with Crippen molar-refractivity contribution in [3.63, 3.8) is 0 Å². The molecule has 0 aliphatic heterocycles. The highest BCUT2D eigenvalue weighted by Gasteiger charge is 2.19. The van der Waals surface area contributed by atoms with Crippen LogP contribution in [-0.4, -0.2) is 38.4 Å². The first-order valence-corrected chi connectivity index (χ1v) is 11.8. The minimum Gasteiger partial charge on any atom is -0.302 e. The molecule has 0 amide bonds. The van der Waals surface area contributed by atoms with Gasteiger partial charge in [0.05, 0.1) is 12.3 Å². The van der Waals surface area contributed by atoms with Crippen molar-refractivity contribution >= 4 is 39.0 Å². The number of rotatable bonds is 12. The van der Waals surface area contributed by atoms with Gasteiger partial charge in [0.2, 0.25) is 10.0 Å². The quantitative estimate of drug-likeness (QED) is 0.439. The fraction of sp³-hybridized carbons (Fsp3) is 0.471. The number of carbonyl (C=O) groups excluding carboxylic acids is 1. The smallest absolute Gasteiger partial charge is 0.208 e. The molecular formula is C17H24N2O3S3. The molecule has 0 radical (unpaired) electrons. The van der Waals surface area contributed by atoms with Gasteiger partial charge in [-0.05, 0) is 35.7 Å². The summed E-state index contributed by atoms with van der Waals surface area (Å²) >= 11 is 3.39. The van der Waals surface area contributed by atoms with E-state index in [4.69, 9.17) is 0 Å². The van der Waals surface area contributed by atoms with Gasteiger partial charge < -0.3 is 4.79 Å². The average Bonchev–Trinajstić information content (AvgIpc) is 3.23. The molecule has 0 bridgehead atoms. The van der Waals surface area contributed by atoms with Crippen LogP contribution in [0, 0.1) is 0 Å². The number of aldehydes is 1. The highest BCUT2D eigenvalue weighted by Crippen LogP contribution is 2.20. The Labute approximate surface area is 157 Å². The Kier molecular flexibility index (Phi) is 8.25. The number of unbranched alkanes of at least 4 members (excludes halogenated alkanes) is 1. The largest absolute Gasteiger partial charge is 0.302 e. The summed E-state index contributed by atoms with van der Waals surface area (Å²) in [5.74, 6) is 0. The fourth-order valence-corrected chi connectivity index (χ4v) is 4.54. The third-order valence-electron chi connectivity index (χ3n) is 3.80. The molecule has 2 aromatic rings. The van der Waals surface area contributed by atoms with Crippen molar-refractivity contribution in [2.45, 2.75) is 38.4 Å². The van der Waals surface area contributed by atoms with Crippen LogP contribution in [-0.2, 0) is 27.9 Å². The first-order valence-electron chi connectivity index (χ1n) is 8.16. The molecule has 0 saturated carbocycles. The van der Waals surface area contributed by atoms with Crippen LogP contribution < -0.4 is 4.72 Å². The summed E-state index contributed by atoms with van der Waals surface area (Å²) in [6, 6.07) is 8.06. The molecule has 2 aromatic heterocycles. The monoisotopic (exact) mass is 400 g/mol. The number of thiophene rings is 2. The normalized spacial score (nSPS) is 13.2. The summed E-state index contributed by atoms with van der Waals surface area (Å²) in [7, 11) is -3.14. The lowest BCUT2D eigenvalue weighted by Crippen LogP contribution is -2.35. The lowest BCUT2D eigenvalue weighted by molar-refractivity contribution is -0.113. The molecule has 25 heavy (non-hydrogen) atoms. The average molecular weight is 401 g/mol. The van der Waals surface area contributed by atoms with E-state index in [0.29, 0.717) is 6.54 Å². The van der Waals surface area contributed by atoms with Gasteiger partial charge in [0.25, 0.3) is 0 Å². The van der Waals surface area contributed by atoms with E-state index in [9.17, 15) is 13.2 Å². The molecular weight excluding hydrogens is 376 g/mol. The molecule has 0 fully saturated rings. The Morgan fingerprint density at radius 1 is 1.12 bits per heavy atom. The second-order valence-electron chi connectivity index (χ2n) is 5.93. The number of hydrogen-bond acceptors (Lipinski definition) is 6. The predicted molar refractivity (Wildman–Crippen MR) is 104 cm³/mol. The molecule has 2 rings (SSSR count). The van der Waals surface area contributed by atoms with Crippen LogP contribution >= 0.6 is 22.7 Å². The van der Waals surface area contributed by atoms with Gasteiger partial charge in [-0.15, -0.1) is 22.7 Å². The number of nitrogens with zero attached hydrogens (tertiary/aromatic N) is 1. The highest BCUT2D eigenvalue weighted by atomic mass is 32.2. The van der Waals surface area contributed by atoms with Crippen molar-refractivity contribution in [1.82, 2.24) is 9.62 Å². The molecule has 1 unspecified atom stereocenters. The predicted octanol–water partition coefficient (Wildman–Crippen LogP) is 3.10. The summed E-state index contributed by atoms with van der Waals surface area (Å²) in [6.07, 6.45) is 4.43. The van der Waals surface area contributed by atoms with Crippen LogP contribution in [0.1, 0.15) is 29.0 Å². The molecule has 2 heterocycles. The van der Waals surface area contributed by atoms with E-state index in [-0.39, 0.29) is 6.04 Å². The zero-order valence-electron chi connectivity index (χ0n) is 14.3. The van der Waals surface area contributed by atoms with Gasteiger partial charge in [0.15, 0.2) is 0 Å². The van der Waals surface area contributed by atoms with Gasteiger partial charge >= 0.3 is 0 Å². The van der Waals surface area contributed by atoms with E-state index in [0.717, 1.165) is 44.9 Å². The van der Waals surface area contributed by atoms with Crippen molar-refractivity contribution < 1.29 is 13.2 Å². The third-order valence-corrected chi connectivity index (χ3v) is 6.25. The Balaban J connectivity index is 1.91. The molecule has 0 aliphatic rings. The van der Waals surface area contributed by atoms with E-state index >= 15 is 0 Å². The van der Waals surface area contributed by atoms with E-state index in [1.807, 2.05) is 22.9 Å². The van der Waals surface area contributed by atoms with Gasteiger partial charge in [-0.3, -0.25) is 4.90 Å². The summed E-state index contributed by atoms with van der Waals surface area (Å²) in [4.78, 5) is 16.4. The van der Waals surface area contributed by atoms with Crippen molar-refractivity contribution in [3.8, 4) is 0 Å². The zero-order chi connectivity index (χ0) is 18.1. The first kappa shape index (κ1) is 20.3. The lowest BCUT2D eigenvalue weighted by Gasteiger charge is -2.27. The van der Waals surface area contributed by atoms with Crippen LogP contribution in [0.4, 0.5) is 0 Å². The lowest BCUT2D eigenvalue weighted by atomic mass is 10.1. The second-order valence-corrected chi connectivity index (χ2v) is 9.83. The summed E-state index contributed by atoms with van der Waals surface area (Å²) < 4.78 is 24.6. The number of sulfonamides is 1. The minimum atomic E-state index is -3.14. The second kappa shape index (κ2) is 10.2. The molecule has 0 aromatic carbocycles. The zero-order valence-corrected chi connectivity index (χ0v) is 16.7. The molecule has 0 aliphatic carbocycles. The van der Waals surface area contributed by atoms with Crippen LogP contribution in [0.5, 0.6) is 0 Å². The summed E-state index contributed by atoms with van der Waals surface area (Å²) in [5.41, 5.74) is 0. The van der Waals surface area contributed by atoms with E-state index in [1.165, 1.54) is 9.75 Å². The third kappa shape index (κ3) is 7.79. The number of nitrogens with one attached hydrogen (secondary N) is 1. The van der Waals surface area contributed by atoms with Gasteiger partial charge in [-0.25, -0.2) is 13.1 Å². The van der Waals surface area contributed by atoms with Crippen LogP contribution in [0.2, 0.25) is 0 Å². The van der Waals surface area contributed by atoms with Gasteiger partial charge in [-0.2, -0.15) is 0 Å². The SMILES string of the molecule is CS(=O)(=O)NCCCCC(C=O)N(Cc1cccs1)Cc1cccs1. The molecule has 0 saturated heterocycles. The van der Waals surface area contributed by atoms with Crippen LogP contribution in [0.3, 0.4) is 0 Å². The van der Waals surface area contributed by atoms with Crippen molar-refractivity contribution in [1.29, 1.82) is 0 Å². The van der Waals surface area contributed by atoms with Crippen LogP contribution in [0.15, 0.2) is 35.0 Å². The Bertz CT molecular complexity index is 676. The van der Waals surface area contributed by atoms with E-state index in [1.54, 1.807) is 22.7 Å². The maximum absolute atomic E-state index is 11.7. The maximum atomic E-state index is 11.7. The maximum Gasteiger partial charge on any atom is 0.208 e. The van der Waals surface area contributed by atoms with Gasteiger partial charge in [0.1, 0.15) is 6.29 Å². The molecule has 8 heteroatoms. The Morgan fingerprint density at radius 2 is 1.72 bits per heavy atom.